The van der Waals surface area contributed by atoms with Crippen molar-refractivity contribution < 1.29 is 34.5 Å². The highest BCUT2D eigenvalue weighted by atomic mass is 16.4. The van der Waals surface area contributed by atoms with Gasteiger partial charge in [0, 0.05) is 18.5 Å². The second-order valence-corrected chi connectivity index (χ2v) is 6.48. The molecule has 0 radical (unpaired) electrons. The number of carboxylic acids is 3. The summed E-state index contributed by atoms with van der Waals surface area (Å²) in [7, 11) is 0. The van der Waals surface area contributed by atoms with E-state index >= 15 is 0 Å². The highest BCUT2D eigenvalue weighted by Crippen LogP contribution is 2.16. The Morgan fingerprint density at radius 3 is 2.00 bits per heavy atom. The number of hydrogen-bond acceptors (Lipinski definition) is 6. The largest absolute Gasteiger partial charge is 0.481 e. The number of nitrogen functional groups attached to an aromatic ring is 1. The van der Waals surface area contributed by atoms with Gasteiger partial charge < -0.3 is 32.1 Å². The van der Waals surface area contributed by atoms with E-state index in [-0.39, 0.29) is 19.3 Å². The number of fused-ring (bicyclic) bond motifs is 1. The van der Waals surface area contributed by atoms with Gasteiger partial charge in [0.2, 0.25) is 5.91 Å². The lowest BCUT2D eigenvalue weighted by atomic mass is 10.1. The Balaban J connectivity index is 0.000000340. The Morgan fingerprint density at radius 2 is 1.43 bits per heavy atom. The number of carbonyl (C=O) groups is 4. The third-order valence-electron chi connectivity index (χ3n) is 4.04. The minimum atomic E-state index is -1.37. The number of nitrogens with one attached hydrogen (secondary N) is 1. The maximum atomic E-state index is 11.5. The standard InChI is InChI=1S/C10H16N2O7.C10H9N/c11-5(1-3-7(13)14)9(17)12-6(10(18)19)2-4-8(15)16;11-10-6-5-8-3-1-2-4-9(8)7-10/h5-6H,1-4,11H2,(H,12,17)(H,13,14)(H,15,16)(H,18,19);1-7H,11H2. The van der Waals surface area contributed by atoms with Crippen molar-refractivity contribution in [2.45, 2.75) is 37.8 Å². The van der Waals surface area contributed by atoms with Gasteiger partial charge in [-0.3, -0.25) is 14.4 Å². The Hall–Kier alpha value is -3.66. The van der Waals surface area contributed by atoms with Crippen molar-refractivity contribution in [3.63, 3.8) is 0 Å². The third-order valence-corrected chi connectivity index (χ3v) is 4.04. The van der Waals surface area contributed by atoms with Crippen LogP contribution in [0.25, 0.3) is 10.8 Å². The number of rotatable bonds is 9. The van der Waals surface area contributed by atoms with Gasteiger partial charge in [-0.05, 0) is 35.7 Å². The average Bonchev–Trinajstić information content (AvgIpc) is 2.69. The number of carboxylic acid groups (broad SMARTS) is 3. The van der Waals surface area contributed by atoms with Crippen LogP contribution in [0.2, 0.25) is 0 Å². The van der Waals surface area contributed by atoms with E-state index in [0.29, 0.717) is 0 Å². The van der Waals surface area contributed by atoms with Crippen LogP contribution >= 0.6 is 0 Å². The maximum Gasteiger partial charge on any atom is 0.326 e. The Labute approximate surface area is 172 Å². The van der Waals surface area contributed by atoms with Crippen LogP contribution in [0.3, 0.4) is 0 Å². The summed E-state index contributed by atoms with van der Waals surface area (Å²) in [6, 6.07) is 11.6. The molecule has 8 N–H and O–H groups in total. The molecule has 0 bridgehead atoms. The van der Waals surface area contributed by atoms with Crippen molar-refractivity contribution >= 4 is 40.3 Å². The molecule has 2 rings (SSSR count). The van der Waals surface area contributed by atoms with E-state index < -0.39 is 42.3 Å². The van der Waals surface area contributed by atoms with Gasteiger partial charge in [-0.1, -0.05) is 30.3 Å². The molecule has 1 amide bonds. The highest BCUT2D eigenvalue weighted by Gasteiger charge is 2.24. The fraction of sp³-hybridized carbons (Fsp3) is 0.300. The number of carbonyl (C=O) groups excluding carboxylic acids is 1. The normalized spacial score (nSPS) is 12.2. The first-order valence-corrected chi connectivity index (χ1v) is 9.06. The average molecular weight is 419 g/mol. The number of benzene rings is 2. The molecule has 2 aromatic rings. The maximum absolute atomic E-state index is 11.5. The summed E-state index contributed by atoms with van der Waals surface area (Å²) in [5.74, 6) is -4.50. The van der Waals surface area contributed by atoms with E-state index in [2.05, 4.69) is 17.4 Å². The monoisotopic (exact) mass is 419 g/mol. The van der Waals surface area contributed by atoms with E-state index in [1.807, 2.05) is 30.3 Å². The third kappa shape index (κ3) is 9.02. The van der Waals surface area contributed by atoms with Crippen LogP contribution in [0, 0.1) is 0 Å². The predicted molar refractivity (Wildman–Crippen MR) is 110 cm³/mol. The van der Waals surface area contributed by atoms with Crippen molar-refractivity contribution in [1.29, 1.82) is 0 Å². The molecule has 2 atom stereocenters. The van der Waals surface area contributed by atoms with Crippen molar-refractivity contribution in [3.8, 4) is 0 Å². The van der Waals surface area contributed by atoms with Crippen LogP contribution in [0.1, 0.15) is 25.7 Å². The van der Waals surface area contributed by atoms with Crippen LogP contribution in [0.4, 0.5) is 5.69 Å². The number of hydrogen-bond donors (Lipinski definition) is 6. The minimum absolute atomic E-state index is 0.133. The summed E-state index contributed by atoms with van der Waals surface area (Å²) in [4.78, 5) is 42.9. The predicted octanol–water partition coefficient (Wildman–Crippen LogP) is 1.03. The van der Waals surface area contributed by atoms with Gasteiger partial charge in [-0.25, -0.2) is 4.79 Å². The smallest absolute Gasteiger partial charge is 0.326 e. The second kappa shape index (κ2) is 12.0. The van der Waals surface area contributed by atoms with Crippen molar-refractivity contribution in [2.75, 3.05) is 5.73 Å². The van der Waals surface area contributed by atoms with Gasteiger partial charge in [0.25, 0.3) is 0 Å². The topological polar surface area (TPSA) is 193 Å². The molecule has 2 aromatic carbocycles. The van der Waals surface area contributed by atoms with E-state index in [1.165, 1.54) is 10.8 Å². The first-order chi connectivity index (χ1) is 14.1. The van der Waals surface area contributed by atoms with Gasteiger partial charge in [-0.15, -0.1) is 0 Å². The SMILES string of the molecule is NC(CCC(=O)O)C(=O)NC(CCC(=O)O)C(=O)O.Nc1ccc2ccccc2c1. The van der Waals surface area contributed by atoms with E-state index in [1.54, 1.807) is 0 Å². The molecule has 0 aliphatic carbocycles. The molecule has 2 unspecified atom stereocenters. The second-order valence-electron chi connectivity index (χ2n) is 6.48. The molecule has 10 nitrogen and oxygen atoms in total. The highest BCUT2D eigenvalue weighted by molar-refractivity contribution is 5.87. The summed E-state index contributed by atoms with van der Waals surface area (Å²) >= 11 is 0. The summed E-state index contributed by atoms with van der Waals surface area (Å²) in [6.45, 7) is 0. The molecule has 0 heterocycles. The summed E-state index contributed by atoms with van der Waals surface area (Å²) in [5.41, 5.74) is 11.8. The molecule has 162 valence electrons. The van der Waals surface area contributed by atoms with Gasteiger partial charge in [0.1, 0.15) is 6.04 Å². The number of nitrogens with two attached hydrogens (primary N) is 2. The first kappa shape index (κ1) is 24.4. The van der Waals surface area contributed by atoms with E-state index in [0.717, 1.165) is 5.69 Å². The molecule has 0 aliphatic rings. The molecule has 0 aromatic heterocycles. The van der Waals surface area contributed by atoms with Crippen molar-refractivity contribution in [3.05, 3.63) is 42.5 Å². The fourth-order valence-electron chi connectivity index (χ4n) is 2.42. The number of anilines is 1. The summed E-state index contributed by atoms with van der Waals surface area (Å²) in [5, 5.41) is 30.2. The number of amides is 1. The lowest BCUT2D eigenvalue weighted by Gasteiger charge is -2.16. The molecular formula is C20H25N3O7. The minimum Gasteiger partial charge on any atom is -0.481 e. The number of aliphatic carboxylic acids is 3. The van der Waals surface area contributed by atoms with Crippen LogP contribution in [0.15, 0.2) is 42.5 Å². The molecule has 0 fully saturated rings. The molecule has 10 heteroatoms. The zero-order valence-corrected chi connectivity index (χ0v) is 16.2. The summed E-state index contributed by atoms with van der Waals surface area (Å²) in [6.07, 6.45) is -1.14. The van der Waals surface area contributed by atoms with Gasteiger partial charge in [-0.2, -0.15) is 0 Å². The van der Waals surface area contributed by atoms with E-state index in [9.17, 15) is 19.2 Å². The fourth-order valence-corrected chi connectivity index (χ4v) is 2.42. The zero-order valence-electron chi connectivity index (χ0n) is 16.2. The molecule has 0 spiro atoms. The van der Waals surface area contributed by atoms with Gasteiger partial charge in [0.05, 0.1) is 6.04 Å². The van der Waals surface area contributed by atoms with Gasteiger partial charge >= 0.3 is 17.9 Å². The first-order valence-electron chi connectivity index (χ1n) is 9.06. The van der Waals surface area contributed by atoms with E-state index in [4.69, 9.17) is 26.8 Å². The molecule has 0 saturated heterocycles. The lowest BCUT2D eigenvalue weighted by Crippen LogP contribution is -2.48. The van der Waals surface area contributed by atoms with Crippen molar-refractivity contribution in [1.82, 2.24) is 5.32 Å². The van der Waals surface area contributed by atoms with Crippen LogP contribution in [-0.2, 0) is 19.2 Å². The molecular weight excluding hydrogens is 394 g/mol. The molecule has 0 aliphatic heterocycles. The lowest BCUT2D eigenvalue weighted by molar-refractivity contribution is -0.143. The molecule has 0 saturated carbocycles. The van der Waals surface area contributed by atoms with Crippen LogP contribution < -0.4 is 16.8 Å². The van der Waals surface area contributed by atoms with Crippen LogP contribution in [-0.4, -0.2) is 51.2 Å². The quantitative estimate of drug-likeness (QED) is 0.322. The van der Waals surface area contributed by atoms with Gasteiger partial charge in [0.15, 0.2) is 0 Å². The van der Waals surface area contributed by atoms with Crippen LogP contribution in [0.5, 0.6) is 0 Å². The Morgan fingerprint density at radius 1 is 0.867 bits per heavy atom. The molecule has 30 heavy (non-hydrogen) atoms. The van der Waals surface area contributed by atoms with Crippen molar-refractivity contribution in [2.24, 2.45) is 5.73 Å². The Bertz CT molecular complexity index is 901. The summed E-state index contributed by atoms with van der Waals surface area (Å²) < 4.78 is 0. The zero-order chi connectivity index (χ0) is 22.7. The Kier molecular flexibility index (Phi) is 9.77.